The predicted octanol–water partition coefficient (Wildman–Crippen LogP) is 4.95. The maximum atomic E-state index is 13.3. The zero-order chi connectivity index (χ0) is 23.7. The van der Waals surface area contributed by atoms with E-state index in [1.165, 1.54) is 9.30 Å². The number of nitrogens with zero attached hydrogens (tertiary/aromatic N) is 3. The van der Waals surface area contributed by atoms with Crippen molar-refractivity contribution in [3.63, 3.8) is 0 Å². The molecule has 1 aromatic carbocycles. The summed E-state index contributed by atoms with van der Waals surface area (Å²) in [6.45, 7) is 0.580. The van der Waals surface area contributed by atoms with Gasteiger partial charge in [0.15, 0.2) is 0 Å². The largest absolute Gasteiger partial charge is 0.467 e. The average Bonchev–Trinajstić information content (AvgIpc) is 3.45. The van der Waals surface area contributed by atoms with Crippen LogP contribution in [0.15, 0.2) is 81.2 Å². The highest BCUT2D eigenvalue weighted by Crippen LogP contribution is 2.34. The van der Waals surface area contributed by atoms with Gasteiger partial charge in [-0.2, -0.15) is 0 Å². The maximum absolute atomic E-state index is 13.3. The van der Waals surface area contributed by atoms with Gasteiger partial charge in [-0.05, 0) is 42.0 Å². The van der Waals surface area contributed by atoms with E-state index < -0.39 is 0 Å². The first-order valence-corrected chi connectivity index (χ1v) is 11.9. The van der Waals surface area contributed by atoms with Crippen LogP contribution in [0.5, 0.6) is 0 Å². The second kappa shape index (κ2) is 9.46. The number of halogens is 1. The number of nitrogens with one attached hydrogen (secondary N) is 1. The van der Waals surface area contributed by atoms with Crippen molar-refractivity contribution in [1.29, 1.82) is 0 Å². The van der Waals surface area contributed by atoms with E-state index in [4.69, 9.17) is 28.2 Å². The van der Waals surface area contributed by atoms with Crippen molar-refractivity contribution in [2.75, 3.05) is 5.32 Å². The van der Waals surface area contributed by atoms with Crippen LogP contribution in [0.2, 0.25) is 5.02 Å². The Balaban J connectivity index is 1.52. The Kier molecular flexibility index (Phi) is 6.23. The van der Waals surface area contributed by atoms with Crippen LogP contribution in [-0.2, 0) is 17.9 Å². The number of hydrogen-bond donors (Lipinski definition) is 1. The molecule has 10 heteroatoms. The van der Waals surface area contributed by atoms with E-state index in [1.807, 2.05) is 24.3 Å². The SMILES string of the molecule is O=C1/C(=C/c2c(NCc3ccco3)nc3ccccn3c2=O)SC(=S)N1Cc1ccccc1Cl. The number of hydrogen-bond acceptors (Lipinski definition) is 7. The fourth-order valence-corrected chi connectivity index (χ4v) is 4.95. The summed E-state index contributed by atoms with van der Waals surface area (Å²) in [6, 6.07) is 16.2. The lowest BCUT2D eigenvalue weighted by atomic mass is 10.2. The number of thioether (sulfide) groups is 1. The summed E-state index contributed by atoms with van der Waals surface area (Å²) in [5, 5.41) is 3.72. The monoisotopic (exact) mass is 508 g/mol. The van der Waals surface area contributed by atoms with Crippen LogP contribution in [0.1, 0.15) is 16.9 Å². The summed E-state index contributed by atoms with van der Waals surface area (Å²) in [7, 11) is 0. The third-order valence-electron chi connectivity index (χ3n) is 5.21. The summed E-state index contributed by atoms with van der Waals surface area (Å²) in [5.74, 6) is 0.750. The van der Waals surface area contributed by atoms with Crippen molar-refractivity contribution >= 4 is 63.3 Å². The van der Waals surface area contributed by atoms with Gasteiger partial charge >= 0.3 is 0 Å². The molecule has 1 fully saturated rings. The highest BCUT2D eigenvalue weighted by molar-refractivity contribution is 8.26. The number of rotatable bonds is 6. The smallest absolute Gasteiger partial charge is 0.267 e. The Morgan fingerprint density at radius 2 is 1.94 bits per heavy atom. The lowest BCUT2D eigenvalue weighted by Gasteiger charge is -2.15. The van der Waals surface area contributed by atoms with E-state index in [9.17, 15) is 9.59 Å². The first kappa shape index (κ1) is 22.4. The van der Waals surface area contributed by atoms with Crippen LogP contribution < -0.4 is 10.9 Å². The molecule has 1 aliphatic rings. The zero-order valence-electron chi connectivity index (χ0n) is 17.6. The Morgan fingerprint density at radius 1 is 1.12 bits per heavy atom. The quantitative estimate of drug-likeness (QED) is 0.291. The van der Waals surface area contributed by atoms with Crippen molar-refractivity contribution in [3.8, 4) is 0 Å². The Hall–Kier alpha value is -3.40. The van der Waals surface area contributed by atoms with Gasteiger partial charge in [0.25, 0.3) is 11.5 Å². The number of carbonyl (C=O) groups is 1. The van der Waals surface area contributed by atoms with Crippen LogP contribution in [0.3, 0.4) is 0 Å². The minimum absolute atomic E-state index is 0.250. The lowest BCUT2D eigenvalue weighted by Crippen LogP contribution is -2.27. The van der Waals surface area contributed by atoms with E-state index in [0.29, 0.717) is 38.0 Å². The van der Waals surface area contributed by atoms with Crippen LogP contribution >= 0.6 is 35.6 Å². The average molecular weight is 509 g/mol. The number of carbonyl (C=O) groups excluding carboxylic acids is 1. The molecule has 5 rings (SSSR count). The van der Waals surface area contributed by atoms with Crippen molar-refractivity contribution in [3.05, 3.63) is 104 Å². The maximum Gasteiger partial charge on any atom is 0.267 e. The van der Waals surface area contributed by atoms with Gasteiger partial charge in [-0.15, -0.1) is 0 Å². The van der Waals surface area contributed by atoms with Gasteiger partial charge in [0.2, 0.25) is 0 Å². The topological polar surface area (TPSA) is 79.9 Å². The molecular weight excluding hydrogens is 492 g/mol. The fourth-order valence-electron chi connectivity index (χ4n) is 3.52. The molecule has 7 nitrogen and oxygen atoms in total. The van der Waals surface area contributed by atoms with Gasteiger partial charge in [-0.25, -0.2) is 4.98 Å². The molecular formula is C24H17ClN4O3S2. The van der Waals surface area contributed by atoms with Crippen LogP contribution in [-0.4, -0.2) is 24.5 Å². The molecule has 0 radical (unpaired) electrons. The number of pyridine rings is 1. The Bertz CT molecular complexity index is 1500. The molecule has 0 atom stereocenters. The van der Waals surface area contributed by atoms with Crippen molar-refractivity contribution in [2.45, 2.75) is 13.1 Å². The number of thiocarbonyl (C=S) groups is 1. The second-order valence-electron chi connectivity index (χ2n) is 7.40. The zero-order valence-corrected chi connectivity index (χ0v) is 20.0. The number of fused-ring (bicyclic) bond motifs is 1. The molecule has 0 unspecified atom stereocenters. The third-order valence-corrected chi connectivity index (χ3v) is 6.96. The Labute approximate surface area is 209 Å². The van der Waals surface area contributed by atoms with E-state index in [1.54, 1.807) is 48.9 Å². The number of aromatic nitrogens is 2. The number of benzene rings is 1. The lowest BCUT2D eigenvalue weighted by molar-refractivity contribution is -0.122. The van der Waals surface area contributed by atoms with Gasteiger partial charge in [0.1, 0.15) is 21.5 Å². The second-order valence-corrected chi connectivity index (χ2v) is 9.48. The van der Waals surface area contributed by atoms with Crippen LogP contribution in [0.4, 0.5) is 5.82 Å². The summed E-state index contributed by atoms with van der Waals surface area (Å²) < 4.78 is 7.21. The third kappa shape index (κ3) is 4.37. The Morgan fingerprint density at radius 3 is 2.74 bits per heavy atom. The summed E-state index contributed by atoms with van der Waals surface area (Å²) in [6.07, 6.45) is 4.76. The van der Waals surface area contributed by atoms with E-state index in [-0.39, 0.29) is 23.6 Å². The number of amides is 1. The highest BCUT2D eigenvalue weighted by Gasteiger charge is 2.33. The van der Waals surface area contributed by atoms with Crippen molar-refractivity contribution in [1.82, 2.24) is 14.3 Å². The molecule has 3 aromatic heterocycles. The standard InChI is InChI=1S/C24H17ClN4O3S2/c25-18-8-2-1-6-15(18)14-29-23(31)19(34-24(29)33)12-17-21(26-13-16-7-5-11-32-16)27-20-9-3-4-10-28(20)22(17)30/h1-12,26H,13-14H2/b19-12-. The van der Waals surface area contributed by atoms with E-state index in [0.717, 1.165) is 17.3 Å². The normalized spacial score (nSPS) is 15.0. The van der Waals surface area contributed by atoms with Gasteiger partial charge in [-0.3, -0.25) is 18.9 Å². The highest BCUT2D eigenvalue weighted by atomic mass is 35.5. The summed E-state index contributed by atoms with van der Waals surface area (Å²) in [5.41, 5.74) is 1.23. The number of furan rings is 1. The molecule has 4 aromatic rings. The molecule has 170 valence electrons. The molecule has 4 heterocycles. The molecule has 0 bridgehead atoms. The first-order valence-electron chi connectivity index (χ1n) is 10.3. The number of anilines is 1. The van der Waals surface area contributed by atoms with Gasteiger partial charge in [-0.1, -0.05) is 59.8 Å². The minimum atomic E-state index is -0.302. The van der Waals surface area contributed by atoms with Gasteiger partial charge in [0.05, 0.1) is 29.8 Å². The molecule has 0 aliphatic carbocycles. The molecule has 1 amide bonds. The molecule has 1 saturated heterocycles. The van der Waals surface area contributed by atoms with Crippen LogP contribution in [0, 0.1) is 0 Å². The van der Waals surface area contributed by atoms with Crippen molar-refractivity contribution in [2.24, 2.45) is 0 Å². The van der Waals surface area contributed by atoms with E-state index >= 15 is 0 Å². The van der Waals surface area contributed by atoms with Gasteiger partial charge < -0.3 is 9.73 Å². The minimum Gasteiger partial charge on any atom is -0.467 e. The molecule has 0 spiro atoms. The molecule has 34 heavy (non-hydrogen) atoms. The summed E-state index contributed by atoms with van der Waals surface area (Å²) >= 11 is 12.9. The van der Waals surface area contributed by atoms with Gasteiger partial charge in [0, 0.05) is 11.2 Å². The van der Waals surface area contributed by atoms with Crippen molar-refractivity contribution < 1.29 is 9.21 Å². The molecule has 0 saturated carbocycles. The molecule has 1 N–H and O–H groups in total. The fraction of sp³-hybridized carbons (Fsp3) is 0.0833. The van der Waals surface area contributed by atoms with Crippen LogP contribution in [0.25, 0.3) is 11.7 Å². The first-order chi connectivity index (χ1) is 16.5. The summed E-state index contributed by atoms with van der Waals surface area (Å²) in [4.78, 5) is 33.0. The predicted molar refractivity (Wildman–Crippen MR) is 138 cm³/mol. The molecule has 1 aliphatic heterocycles. The van der Waals surface area contributed by atoms with E-state index in [2.05, 4.69) is 10.3 Å².